The summed E-state index contributed by atoms with van der Waals surface area (Å²) in [6, 6.07) is 9.85. The molecule has 1 aromatic carbocycles. The van der Waals surface area contributed by atoms with Gasteiger partial charge in [-0.2, -0.15) is 0 Å². The molecule has 24 heavy (non-hydrogen) atoms. The Kier molecular flexibility index (Phi) is 3.81. The van der Waals surface area contributed by atoms with Gasteiger partial charge in [0.2, 0.25) is 5.13 Å². The second-order valence-corrected chi connectivity index (χ2v) is 6.61. The molecule has 1 aliphatic heterocycles. The van der Waals surface area contributed by atoms with Crippen LogP contribution < -0.4 is 9.64 Å². The summed E-state index contributed by atoms with van der Waals surface area (Å²) in [7, 11) is 0. The molecule has 0 radical (unpaired) electrons. The summed E-state index contributed by atoms with van der Waals surface area (Å²) in [5.41, 5.74) is 0.0565. The van der Waals surface area contributed by atoms with E-state index in [-0.39, 0.29) is 11.8 Å². The van der Waals surface area contributed by atoms with Crippen LogP contribution in [0.15, 0.2) is 36.7 Å². The summed E-state index contributed by atoms with van der Waals surface area (Å²) < 4.78 is 7.54. The third-order valence-corrected chi connectivity index (χ3v) is 5.15. The lowest BCUT2D eigenvalue weighted by Gasteiger charge is -2.31. The van der Waals surface area contributed by atoms with Crippen LogP contribution in [0.5, 0.6) is 5.75 Å². The van der Waals surface area contributed by atoms with Crippen molar-refractivity contribution in [3.05, 3.63) is 42.4 Å². The van der Waals surface area contributed by atoms with E-state index >= 15 is 0 Å². The minimum Gasteiger partial charge on any atom is -0.490 e. The number of aromatic carboxylic acids is 1. The third-order valence-electron chi connectivity index (χ3n) is 4.05. The zero-order chi connectivity index (χ0) is 16.5. The molecule has 8 heteroatoms. The SMILES string of the molecule is O=C(O)c1ncn2nc(N3CCC(Oc4ccccc4)CC3)sc12. The molecule has 1 fully saturated rings. The van der Waals surface area contributed by atoms with Crippen molar-refractivity contribution in [3.63, 3.8) is 0 Å². The van der Waals surface area contributed by atoms with E-state index in [9.17, 15) is 4.79 Å². The Hall–Kier alpha value is -2.61. The molecule has 1 aliphatic rings. The highest BCUT2D eigenvalue weighted by Gasteiger charge is 2.24. The molecule has 0 unspecified atom stereocenters. The van der Waals surface area contributed by atoms with Crippen molar-refractivity contribution < 1.29 is 14.6 Å². The Bertz CT molecular complexity index is 853. The molecule has 0 spiro atoms. The summed E-state index contributed by atoms with van der Waals surface area (Å²) >= 11 is 1.36. The number of ether oxygens (including phenoxy) is 1. The molecule has 0 bridgehead atoms. The number of fused-ring (bicyclic) bond motifs is 1. The number of rotatable bonds is 4. The van der Waals surface area contributed by atoms with Gasteiger partial charge in [0.1, 0.15) is 18.2 Å². The number of para-hydroxylation sites is 1. The molecule has 0 atom stereocenters. The van der Waals surface area contributed by atoms with Crippen molar-refractivity contribution in [1.82, 2.24) is 14.6 Å². The highest BCUT2D eigenvalue weighted by atomic mass is 32.1. The van der Waals surface area contributed by atoms with Crippen LogP contribution in [0.1, 0.15) is 23.3 Å². The third kappa shape index (κ3) is 2.80. The Morgan fingerprint density at radius 1 is 1.25 bits per heavy atom. The maximum atomic E-state index is 11.2. The second kappa shape index (κ2) is 6.12. The number of imidazole rings is 1. The van der Waals surface area contributed by atoms with Gasteiger partial charge in [-0.3, -0.25) is 0 Å². The molecule has 7 nitrogen and oxygen atoms in total. The Labute approximate surface area is 142 Å². The van der Waals surface area contributed by atoms with Crippen LogP contribution in [0, 0.1) is 0 Å². The molecule has 4 rings (SSSR count). The first-order valence-electron chi connectivity index (χ1n) is 7.75. The van der Waals surface area contributed by atoms with Gasteiger partial charge in [0.15, 0.2) is 10.5 Å². The lowest BCUT2D eigenvalue weighted by molar-refractivity contribution is 0.0693. The van der Waals surface area contributed by atoms with Gasteiger partial charge < -0.3 is 14.7 Å². The molecular weight excluding hydrogens is 328 g/mol. The average molecular weight is 344 g/mol. The first kappa shape index (κ1) is 14.9. The van der Waals surface area contributed by atoms with E-state index in [4.69, 9.17) is 9.84 Å². The molecular formula is C16H16N4O3S. The minimum absolute atomic E-state index is 0.0565. The molecule has 0 saturated carbocycles. The summed E-state index contributed by atoms with van der Waals surface area (Å²) in [4.78, 5) is 17.8. The molecule has 1 saturated heterocycles. The number of hydrogen-bond donors (Lipinski definition) is 1. The van der Waals surface area contributed by atoms with Crippen LogP contribution in [0.3, 0.4) is 0 Å². The van der Waals surface area contributed by atoms with E-state index < -0.39 is 5.97 Å². The van der Waals surface area contributed by atoms with Crippen molar-refractivity contribution in [2.24, 2.45) is 0 Å². The van der Waals surface area contributed by atoms with Gasteiger partial charge in [0.25, 0.3) is 0 Å². The summed E-state index contributed by atoms with van der Waals surface area (Å²) in [5.74, 6) is -0.126. The predicted molar refractivity (Wildman–Crippen MR) is 90.1 cm³/mol. The van der Waals surface area contributed by atoms with Crippen molar-refractivity contribution >= 4 is 27.3 Å². The highest BCUT2D eigenvalue weighted by Crippen LogP contribution is 2.29. The fourth-order valence-electron chi connectivity index (χ4n) is 2.82. The molecule has 0 aliphatic carbocycles. The summed E-state index contributed by atoms with van der Waals surface area (Å²) in [6.07, 6.45) is 3.47. The van der Waals surface area contributed by atoms with Crippen LogP contribution in [0.2, 0.25) is 0 Å². The van der Waals surface area contributed by atoms with Crippen molar-refractivity contribution in [1.29, 1.82) is 0 Å². The monoisotopic (exact) mass is 344 g/mol. The number of hydrogen-bond acceptors (Lipinski definition) is 6. The maximum absolute atomic E-state index is 11.2. The number of aromatic nitrogens is 3. The highest BCUT2D eigenvalue weighted by molar-refractivity contribution is 7.21. The van der Waals surface area contributed by atoms with Gasteiger partial charge in [-0.15, -0.1) is 5.10 Å². The molecule has 124 valence electrons. The van der Waals surface area contributed by atoms with Gasteiger partial charge in [0, 0.05) is 25.9 Å². The van der Waals surface area contributed by atoms with Crippen LogP contribution in [0.25, 0.3) is 4.83 Å². The zero-order valence-electron chi connectivity index (χ0n) is 12.8. The smallest absolute Gasteiger partial charge is 0.357 e. The molecule has 1 N–H and O–H groups in total. The lowest BCUT2D eigenvalue weighted by Crippen LogP contribution is -2.38. The molecule has 3 aromatic rings. The summed E-state index contributed by atoms with van der Waals surface area (Å²) in [5, 5.41) is 14.4. The van der Waals surface area contributed by atoms with E-state index in [0.717, 1.165) is 36.8 Å². The first-order valence-corrected chi connectivity index (χ1v) is 8.56. The second-order valence-electron chi connectivity index (χ2n) is 5.65. The molecule has 0 amide bonds. The summed E-state index contributed by atoms with van der Waals surface area (Å²) in [6.45, 7) is 1.67. The standard InChI is InChI=1S/C16H16N4O3S/c21-15(22)13-14-20(10-17-13)18-16(24-14)19-8-6-12(7-9-19)23-11-4-2-1-3-5-11/h1-5,10,12H,6-9H2,(H,21,22). The van der Waals surface area contributed by atoms with Gasteiger partial charge in [-0.25, -0.2) is 14.3 Å². The van der Waals surface area contributed by atoms with Gasteiger partial charge in [0.05, 0.1) is 0 Å². The van der Waals surface area contributed by atoms with Crippen LogP contribution in [-0.4, -0.2) is 44.9 Å². The molecule has 3 heterocycles. The lowest BCUT2D eigenvalue weighted by atomic mass is 10.1. The molecule has 2 aromatic heterocycles. The predicted octanol–water partition coefficient (Wildman–Crippen LogP) is 2.54. The number of piperidine rings is 1. The fraction of sp³-hybridized carbons (Fsp3) is 0.312. The van der Waals surface area contributed by atoms with Crippen LogP contribution in [-0.2, 0) is 0 Å². The first-order chi connectivity index (χ1) is 11.7. The number of nitrogens with zero attached hydrogens (tertiary/aromatic N) is 4. The topological polar surface area (TPSA) is 80.0 Å². The van der Waals surface area contributed by atoms with Gasteiger partial charge in [-0.05, 0) is 12.1 Å². The van der Waals surface area contributed by atoms with E-state index in [1.807, 2.05) is 30.3 Å². The number of anilines is 1. The number of carboxylic acids is 1. The average Bonchev–Trinajstić information content (AvgIpc) is 3.16. The Balaban J connectivity index is 1.43. The van der Waals surface area contributed by atoms with E-state index in [1.54, 1.807) is 0 Å². The van der Waals surface area contributed by atoms with Gasteiger partial charge >= 0.3 is 5.97 Å². The largest absolute Gasteiger partial charge is 0.490 e. The van der Waals surface area contributed by atoms with Gasteiger partial charge in [-0.1, -0.05) is 29.5 Å². The normalized spacial score (nSPS) is 15.8. The Morgan fingerprint density at radius 2 is 2.00 bits per heavy atom. The minimum atomic E-state index is -1.03. The van der Waals surface area contributed by atoms with Crippen molar-refractivity contribution in [3.8, 4) is 5.75 Å². The number of benzene rings is 1. The van der Waals surface area contributed by atoms with Crippen LogP contribution in [0.4, 0.5) is 5.13 Å². The van der Waals surface area contributed by atoms with E-state index in [1.165, 1.54) is 22.2 Å². The number of carboxylic acid groups (broad SMARTS) is 1. The van der Waals surface area contributed by atoms with E-state index in [0.29, 0.717) is 4.83 Å². The maximum Gasteiger partial charge on any atom is 0.357 e. The fourth-order valence-corrected chi connectivity index (χ4v) is 3.86. The zero-order valence-corrected chi connectivity index (χ0v) is 13.6. The van der Waals surface area contributed by atoms with Crippen LogP contribution >= 0.6 is 11.3 Å². The van der Waals surface area contributed by atoms with Crippen molar-refractivity contribution in [2.75, 3.05) is 18.0 Å². The van der Waals surface area contributed by atoms with Crippen molar-refractivity contribution in [2.45, 2.75) is 18.9 Å². The Morgan fingerprint density at radius 3 is 2.71 bits per heavy atom. The quantitative estimate of drug-likeness (QED) is 0.783. The van der Waals surface area contributed by atoms with E-state index in [2.05, 4.69) is 15.0 Å². The number of carbonyl (C=O) groups is 1.